The monoisotopic (exact) mass is 382 g/mol. The van der Waals surface area contributed by atoms with Gasteiger partial charge in [-0.25, -0.2) is 4.79 Å². The number of rotatable bonds is 4. The normalized spacial score (nSPS) is 36.6. The van der Waals surface area contributed by atoms with Crippen LogP contribution in [-0.2, 0) is 19.1 Å². The van der Waals surface area contributed by atoms with Crippen LogP contribution >= 0.6 is 0 Å². The molecule has 0 amide bonds. The Bertz CT molecular complexity index is 824. The lowest BCUT2D eigenvalue weighted by molar-refractivity contribution is -0.162. The van der Waals surface area contributed by atoms with Crippen molar-refractivity contribution < 1.29 is 19.1 Å². The molecule has 3 aliphatic rings. The van der Waals surface area contributed by atoms with Crippen molar-refractivity contribution in [3.05, 3.63) is 47.5 Å². The minimum atomic E-state index is -0.753. The van der Waals surface area contributed by atoms with E-state index in [2.05, 4.69) is 27.7 Å². The third-order valence-electron chi connectivity index (χ3n) is 7.74. The van der Waals surface area contributed by atoms with Gasteiger partial charge in [0, 0.05) is 13.0 Å². The molecule has 0 aromatic heterocycles. The van der Waals surface area contributed by atoms with Crippen LogP contribution in [-0.4, -0.2) is 25.0 Å². The van der Waals surface area contributed by atoms with Gasteiger partial charge < -0.3 is 9.47 Å². The maximum Gasteiger partial charge on any atom is 0.340 e. The second-order valence-corrected chi connectivity index (χ2v) is 9.49. The molecule has 4 heteroatoms. The van der Waals surface area contributed by atoms with Gasteiger partial charge in [-0.3, -0.25) is 4.79 Å². The van der Waals surface area contributed by atoms with Crippen molar-refractivity contribution >= 4 is 11.8 Å². The van der Waals surface area contributed by atoms with E-state index in [1.807, 2.05) is 30.3 Å². The number of hydrogen-bond donors (Lipinski definition) is 0. The molecule has 0 spiro atoms. The molecule has 0 saturated heterocycles. The third-order valence-corrected chi connectivity index (χ3v) is 7.74. The summed E-state index contributed by atoms with van der Waals surface area (Å²) in [5.74, 6) is 0.707. The zero-order valence-electron chi connectivity index (χ0n) is 17.4. The first-order valence-corrected chi connectivity index (χ1v) is 10.3. The van der Waals surface area contributed by atoms with E-state index in [0.717, 1.165) is 24.0 Å². The van der Waals surface area contributed by atoms with Crippen molar-refractivity contribution in [2.75, 3.05) is 7.11 Å². The van der Waals surface area contributed by atoms with Crippen molar-refractivity contribution in [1.82, 2.24) is 0 Å². The van der Waals surface area contributed by atoms with Gasteiger partial charge in [-0.1, -0.05) is 58.0 Å². The van der Waals surface area contributed by atoms with Crippen LogP contribution in [0.3, 0.4) is 0 Å². The van der Waals surface area contributed by atoms with E-state index in [1.54, 1.807) is 6.08 Å². The van der Waals surface area contributed by atoms with Crippen molar-refractivity contribution in [1.29, 1.82) is 0 Å². The summed E-state index contributed by atoms with van der Waals surface area (Å²) in [4.78, 5) is 25.7. The Morgan fingerprint density at radius 2 is 1.82 bits per heavy atom. The van der Waals surface area contributed by atoms with Gasteiger partial charge in [0.05, 0.1) is 0 Å². The van der Waals surface area contributed by atoms with Crippen LogP contribution in [0.1, 0.15) is 52.2 Å². The number of fused-ring (bicyclic) bond motifs is 3. The summed E-state index contributed by atoms with van der Waals surface area (Å²) >= 11 is 0. The first-order valence-electron chi connectivity index (χ1n) is 10.3. The lowest BCUT2D eigenvalue weighted by Crippen LogP contribution is -2.45. The standard InChI is InChI=1S/C24H30O4/c1-14-11-12-18(28-22(26)20(27-5)15-9-7-6-8-10-15)16-13-17(25)19-21(23(19,2)3)24(14,16)4/h6-10,13-14,18-21H,11-12H2,1-5H3/t14-,18+,19-,20-,21+,24+/m0/s1. The Hall–Kier alpha value is -1.94. The molecule has 4 nitrogen and oxygen atoms in total. The Kier molecular flexibility index (Phi) is 4.53. The Balaban J connectivity index is 1.61. The molecule has 0 bridgehead atoms. The van der Waals surface area contributed by atoms with E-state index in [0.29, 0.717) is 11.8 Å². The summed E-state index contributed by atoms with van der Waals surface area (Å²) in [6, 6.07) is 9.39. The summed E-state index contributed by atoms with van der Waals surface area (Å²) in [5.41, 5.74) is 1.71. The van der Waals surface area contributed by atoms with Crippen LogP contribution < -0.4 is 0 Å². The Morgan fingerprint density at radius 3 is 2.46 bits per heavy atom. The predicted octanol–water partition coefficient (Wildman–Crippen LogP) is 4.50. The lowest BCUT2D eigenvalue weighted by atomic mass is 9.58. The second-order valence-electron chi connectivity index (χ2n) is 9.49. The summed E-state index contributed by atoms with van der Waals surface area (Å²) in [6.07, 6.45) is 2.44. The smallest absolute Gasteiger partial charge is 0.340 e. The van der Waals surface area contributed by atoms with Crippen LogP contribution in [0.15, 0.2) is 42.0 Å². The van der Waals surface area contributed by atoms with E-state index in [1.165, 1.54) is 7.11 Å². The van der Waals surface area contributed by atoms with Crippen LogP contribution in [0, 0.1) is 28.6 Å². The molecule has 150 valence electrons. The molecule has 2 fully saturated rings. The second kappa shape index (κ2) is 6.55. The van der Waals surface area contributed by atoms with E-state index < -0.39 is 6.10 Å². The number of benzene rings is 1. The average Bonchev–Trinajstić information content (AvgIpc) is 3.26. The lowest BCUT2D eigenvalue weighted by Gasteiger charge is -2.48. The molecule has 1 aromatic carbocycles. The largest absolute Gasteiger partial charge is 0.456 e. The summed E-state index contributed by atoms with van der Waals surface area (Å²) in [7, 11) is 1.52. The quantitative estimate of drug-likeness (QED) is 0.719. The Morgan fingerprint density at radius 1 is 1.14 bits per heavy atom. The van der Waals surface area contributed by atoms with Crippen molar-refractivity contribution in [2.45, 2.75) is 52.7 Å². The topological polar surface area (TPSA) is 52.6 Å². The van der Waals surface area contributed by atoms with Gasteiger partial charge in [-0.2, -0.15) is 0 Å². The van der Waals surface area contributed by atoms with Crippen LogP contribution in [0.5, 0.6) is 0 Å². The Labute approximate surface area is 167 Å². The molecular weight excluding hydrogens is 352 g/mol. The van der Waals surface area contributed by atoms with Crippen molar-refractivity contribution in [2.24, 2.45) is 28.6 Å². The highest BCUT2D eigenvalue weighted by Crippen LogP contribution is 2.73. The number of hydrogen-bond acceptors (Lipinski definition) is 4. The van der Waals surface area contributed by atoms with Gasteiger partial charge in [0.1, 0.15) is 6.10 Å². The highest BCUT2D eigenvalue weighted by molar-refractivity contribution is 5.98. The van der Waals surface area contributed by atoms with Gasteiger partial charge in [0.2, 0.25) is 0 Å². The first-order chi connectivity index (χ1) is 13.2. The minimum absolute atomic E-state index is 0.0172. The number of methoxy groups -OCH3 is 1. The maximum atomic E-state index is 12.9. The van der Waals surface area contributed by atoms with E-state index in [-0.39, 0.29) is 34.6 Å². The molecule has 2 saturated carbocycles. The van der Waals surface area contributed by atoms with Gasteiger partial charge >= 0.3 is 5.97 Å². The molecule has 4 rings (SSSR count). The van der Waals surface area contributed by atoms with Gasteiger partial charge in [0.15, 0.2) is 11.9 Å². The maximum absolute atomic E-state index is 12.9. The average molecular weight is 383 g/mol. The zero-order chi connectivity index (χ0) is 20.3. The fraction of sp³-hybridized carbons (Fsp3) is 0.583. The summed E-state index contributed by atoms with van der Waals surface area (Å²) < 4.78 is 11.4. The molecule has 1 aromatic rings. The SMILES string of the molecule is CO[C@H](C(=O)O[C@@H]1CC[C@H](C)[C@]2(C)C1=CC(=O)[C@H]1[C@@H]2C1(C)C)c1ccccc1. The van der Waals surface area contributed by atoms with E-state index in [9.17, 15) is 9.59 Å². The molecule has 0 radical (unpaired) electrons. The number of carbonyl (C=O) groups is 2. The molecule has 0 heterocycles. The van der Waals surface area contributed by atoms with Crippen LogP contribution in [0.4, 0.5) is 0 Å². The number of esters is 1. The highest BCUT2D eigenvalue weighted by atomic mass is 16.6. The number of allylic oxidation sites excluding steroid dienone is 1. The molecule has 6 atom stereocenters. The number of ether oxygens (including phenoxy) is 2. The summed E-state index contributed by atoms with van der Waals surface area (Å²) in [6.45, 7) is 8.93. The first kappa shape index (κ1) is 19.4. The number of ketones is 1. The molecule has 0 unspecified atom stereocenters. The number of carbonyl (C=O) groups excluding carboxylic acids is 2. The molecule has 0 aliphatic heterocycles. The van der Waals surface area contributed by atoms with Gasteiger partial charge in [0.25, 0.3) is 0 Å². The van der Waals surface area contributed by atoms with Crippen molar-refractivity contribution in [3.63, 3.8) is 0 Å². The zero-order valence-corrected chi connectivity index (χ0v) is 17.4. The van der Waals surface area contributed by atoms with Crippen LogP contribution in [0.2, 0.25) is 0 Å². The molecule has 3 aliphatic carbocycles. The molecular formula is C24H30O4. The minimum Gasteiger partial charge on any atom is -0.456 e. The van der Waals surface area contributed by atoms with Crippen LogP contribution in [0.25, 0.3) is 0 Å². The fourth-order valence-corrected chi connectivity index (χ4v) is 6.07. The highest BCUT2D eigenvalue weighted by Gasteiger charge is 2.72. The van der Waals surface area contributed by atoms with Gasteiger partial charge in [-0.15, -0.1) is 0 Å². The molecule has 0 N–H and O–H groups in total. The van der Waals surface area contributed by atoms with E-state index >= 15 is 0 Å². The van der Waals surface area contributed by atoms with Crippen molar-refractivity contribution in [3.8, 4) is 0 Å². The predicted molar refractivity (Wildman–Crippen MR) is 106 cm³/mol. The fourth-order valence-electron chi connectivity index (χ4n) is 6.07. The summed E-state index contributed by atoms with van der Waals surface area (Å²) in [5, 5.41) is 0. The van der Waals surface area contributed by atoms with Gasteiger partial charge in [-0.05, 0) is 52.7 Å². The third kappa shape index (κ3) is 2.68. The van der Waals surface area contributed by atoms with E-state index in [4.69, 9.17) is 9.47 Å². The molecule has 28 heavy (non-hydrogen) atoms.